The predicted octanol–water partition coefficient (Wildman–Crippen LogP) is 3.85. The van der Waals surface area contributed by atoms with Crippen LogP contribution in [-0.2, 0) is 11.2 Å². The van der Waals surface area contributed by atoms with Gasteiger partial charge in [0.1, 0.15) is 11.6 Å². The number of anilines is 1. The number of carbonyl (C=O) groups is 1. The van der Waals surface area contributed by atoms with Crippen LogP contribution in [0.1, 0.15) is 17.0 Å². The maximum absolute atomic E-state index is 13.3. The zero-order chi connectivity index (χ0) is 19.2. The van der Waals surface area contributed by atoms with Crippen molar-refractivity contribution in [2.45, 2.75) is 18.6 Å². The average Bonchev–Trinajstić information content (AvgIpc) is 3.11. The molecular formula is C19H18FN3O3S. The van der Waals surface area contributed by atoms with E-state index in [2.05, 4.69) is 15.5 Å². The van der Waals surface area contributed by atoms with Crippen molar-refractivity contribution in [3.8, 4) is 5.75 Å². The van der Waals surface area contributed by atoms with Crippen LogP contribution in [0, 0.1) is 12.7 Å². The van der Waals surface area contributed by atoms with Crippen LogP contribution in [0.25, 0.3) is 0 Å². The standard InChI is InChI=1S/C19H18FN3O3S/c1-12-3-6-14(20)10-16(12)21-17(24)11-27-19-23-22-18(26-19)9-13-4-7-15(25-2)8-5-13/h3-8,10H,9,11H2,1-2H3,(H,21,24). The average molecular weight is 387 g/mol. The molecule has 0 saturated heterocycles. The first-order valence-electron chi connectivity index (χ1n) is 8.17. The van der Waals surface area contributed by atoms with Crippen LogP contribution in [0.15, 0.2) is 52.1 Å². The number of hydrogen-bond acceptors (Lipinski definition) is 6. The Kier molecular flexibility index (Phi) is 6.08. The maximum Gasteiger partial charge on any atom is 0.277 e. The molecule has 0 radical (unpaired) electrons. The van der Waals surface area contributed by atoms with Crippen LogP contribution in [0.4, 0.5) is 10.1 Å². The van der Waals surface area contributed by atoms with Crippen molar-refractivity contribution < 1.29 is 18.3 Å². The van der Waals surface area contributed by atoms with Crippen LogP contribution in [-0.4, -0.2) is 29.0 Å². The monoisotopic (exact) mass is 387 g/mol. The van der Waals surface area contributed by atoms with Gasteiger partial charge in [-0.05, 0) is 42.3 Å². The number of thioether (sulfide) groups is 1. The fourth-order valence-corrected chi connectivity index (χ4v) is 2.91. The van der Waals surface area contributed by atoms with Gasteiger partial charge in [0.25, 0.3) is 5.22 Å². The summed E-state index contributed by atoms with van der Waals surface area (Å²) in [6.07, 6.45) is 0.492. The number of nitrogens with one attached hydrogen (secondary N) is 1. The molecule has 3 rings (SSSR count). The molecule has 8 heteroatoms. The second kappa shape index (κ2) is 8.68. The Hall–Kier alpha value is -2.87. The summed E-state index contributed by atoms with van der Waals surface area (Å²) >= 11 is 1.13. The highest BCUT2D eigenvalue weighted by atomic mass is 32.2. The minimum Gasteiger partial charge on any atom is -0.497 e. The number of aryl methyl sites for hydroxylation is 1. The third-order valence-electron chi connectivity index (χ3n) is 3.76. The Labute approximate surface area is 160 Å². The van der Waals surface area contributed by atoms with Gasteiger partial charge in [0.15, 0.2) is 0 Å². The van der Waals surface area contributed by atoms with E-state index in [4.69, 9.17) is 9.15 Å². The number of ether oxygens (including phenoxy) is 1. The highest BCUT2D eigenvalue weighted by Crippen LogP contribution is 2.20. The summed E-state index contributed by atoms with van der Waals surface area (Å²) in [7, 11) is 1.61. The first kappa shape index (κ1) is 18.9. The maximum atomic E-state index is 13.3. The third kappa shape index (κ3) is 5.30. The molecule has 0 fully saturated rings. The molecule has 0 atom stereocenters. The molecule has 1 heterocycles. The van der Waals surface area contributed by atoms with E-state index in [-0.39, 0.29) is 11.7 Å². The van der Waals surface area contributed by atoms with Crippen molar-refractivity contribution in [1.82, 2.24) is 10.2 Å². The fraction of sp³-hybridized carbons (Fsp3) is 0.211. The zero-order valence-electron chi connectivity index (χ0n) is 14.9. The first-order chi connectivity index (χ1) is 13.0. The van der Waals surface area contributed by atoms with Crippen LogP contribution < -0.4 is 10.1 Å². The molecule has 0 saturated carbocycles. The summed E-state index contributed by atoms with van der Waals surface area (Å²) in [5.41, 5.74) is 2.25. The van der Waals surface area contributed by atoms with E-state index in [9.17, 15) is 9.18 Å². The Morgan fingerprint density at radius 2 is 2.00 bits per heavy atom. The van der Waals surface area contributed by atoms with Gasteiger partial charge in [-0.15, -0.1) is 10.2 Å². The van der Waals surface area contributed by atoms with E-state index in [1.807, 2.05) is 24.3 Å². The lowest BCUT2D eigenvalue weighted by molar-refractivity contribution is -0.113. The summed E-state index contributed by atoms with van der Waals surface area (Å²) in [5.74, 6) is 0.650. The molecule has 0 aliphatic heterocycles. The van der Waals surface area contributed by atoms with Crippen molar-refractivity contribution in [1.29, 1.82) is 0 Å². The summed E-state index contributed by atoms with van der Waals surface area (Å²) in [6, 6.07) is 11.8. The molecule has 6 nitrogen and oxygen atoms in total. The van der Waals surface area contributed by atoms with Gasteiger partial charge in [-0.1, -0.05) is 30.0 Å². The van der Waals surface area contributed by atoms with Crippen LogP contribution in [0.3, 0.4) is 0 Å². The minimum absolute atomic E-state index is 0.0835. The second-order valence-corrected chi connectivity index (χ2v) is 6.71. The summed E-state index contributed by atoms with van der Waals surface area (Å²) in [4.78, 5) is 12.1. The van der Waals surface area contributed by atoms with Gasteiger partial charge in [0.2, 0.25) is 11.8 Å². The zero-order valence-corrected chi connectivity index (χ0v) is 15.7. The van der Waals surface area contributed by atoms with E-state index in [1.54, 1.807) is 20.1 Å². The summed E-state index contributed by atoms with van der Waals surface area (Å²) in [5, 5.41) is 10.9. The van der Waals surface area contributed by atoms with Crippen molar-refractivity contribution in [2.75, 3.05) is 18.2 Å². The quantitative estimate of drug-likeness (QED) is 0.621. The molecule has 1 N–H and O–H groups in total. The number of aromatic nitrogens is 2. The van der Waals surface area contributed by atoms with E-state index >= 15 is 0 Å². The SMILES string of the molecule is COc1ccc(Cc2nnc(SCC(=O)Nc3cc(F)ccc3C)o2)cc1. The van der Waals surface area contributed by atoms with Crippen molar-refractivity contribution in [3.05, 3.63) is 65.3 Å². The number of halogens is 1. The van der Waals surface area contributed by atoms with Gasteiger partial charge in [-0.2, -0.15) is 0 Å². The predicted molar refractivity (Wildman–Crippen MR) is 101 cm³/mol. The van der Waals surface area contributed by atoms with E-state index in [1.165, 1.54) is 12.1 Å². The lowest BCUT2D eigenvalue weighted by Gasteiger charge is -2.07. The Morgan fingerprint density at radius 1 is 1.22 bits per heavy atom. The molecule has 1 amide bonds. The number of amides is 1. The lowest BCUT2D eigenvalue weighted by atomic mass is 10.1. The summed E-state index contributed by atoms with van der Waals surface area (Å²) < 4.78 is 24.0. The van der Waals surface area contributed by atoms with E-state index in [0.717, 1.165) is 28.6 Å². The number of hydrogen-bond donors (Lipinski definition) is 1. The van der Waals surface area contributed by atoms with Gasteiger partial charge in [-0.25, -0.2) is 4.39 Å². The Balaban J connectivity index is 1.52. The second-order valence-electron chi connectivity index (χ2n) is 5.78. The molecule has 27 heavy (non-hydrogen) atoms. The van der Waals surface area contributed by atoms with Gasteiger partial charge in [-0.3, -0.25) is 4.79 Å². The van der Waals surface area contributed by atoms with E-state index < -0.39 is 5.82 Å². The highest BCUT2D eigenvalue weighted by Gasteiger charge is 2.11. The Morgan fingerprint density at radius 3 is 2.74 bits per heavy atom. The third-order valence-corrected chi connectivity index (χ3v) is 4.58. The Bertz CT molecular complexity index is 928. The smallest absolute Gasteiger partial charge is 0.277 e. The minimum atomic E-state index is -0.399. The topological polar surface area (TPSA) is 77.2 Å². The van der Waals surface area contributed by atoms with Crippen molar-refractivity contribution in [2.24, 2.45) is 0 Å². The number of carbonyl (C=O) groups excluding carboxylic acids is 1. The number of benzene rings is 2. The molecule has 0 aliphatic carbocycles. The number of methoxy groups -OCH3 is 1. The molecule has 1 aromatic heterocycles. The number of rotatable bonds is 7. The molecule has 0 spiro atoms. The normalized spacial score (nSPS) is 10.6. The van der Waals surface area contributed by atoms with Gasteiger partial charge in [0.05, 0.1) is 19.3 Å². The molecule has 140 valence electrons. The molecule has 3 aromatic rings. The largest absolute Gasteiger partial charge is 0.497 e. The molecular weight excluding hydrogens is 369 g/mol. The van der Waals surface area contributed by atoms with Crippen molar-refractivity contribution >= 4 is 23.4 Å². The van der Waals surface area contributed by atoms with Crippen molar-refractivity contribution in [3.63, 3.8) is 0 Å². The highest BCUT2D eigenvalue weighted by molar-refractivity contribution is 7.99. The molecule has 0 bridgehead atoms. The first-order valence-corrected chi connectivity index (χ1v) is 9.16. The van der Waals surface area contributed by atoms with Gasteiger partial charge >= 0.3 is 0 Å². The van der Waals surface area contributed by atoms with E-state index in [0.29, 0.717) is 23.2 Å². The summed E-state index contributed by atoms with van der Waals surface area (Å²) in [6.45, 7) is 1.80. The van der Waals surface area contributed by atoms with Crippen LogP contribution in [0.5, 0.6) is 5.75 Å². The number of nitrogens with zero attached hydrogens (tertiary/aromatic N) is 2. The van der Waals surface area contributed by atoms with Crippen LogP contribution in [0.2, 0.25) is 0 Å². The van der Waals surface area contributed by atoms with Gasteiger partial charge < -0.3 is 14.5 Å². The lowest BCUT2D eigenvalue weighted by Crippen LogP contribution is -2.15. The fourth-order valence-electron chi connectivity index (χ4n) is 2.33. The van der Waals surface area contributed by atoms with Crippen LogP contribution >= 0.6 is 11.8 Å². The molecule has 2 aromatic carbocycles. The molecule has 0 aliphatic rings. The van der Waals surface area contributed by atoms with Gasteiger partial charge in [0, 0.05) is 5.69 Å². The molecule has 0 unspecified atom stereocenters.